The Morgan fingerprint density at radius 1 is 1.29 bits per heavy atom. The second-order valence-electron chi connectivity index (χ2n) is 8.58. The molecule has 2 aromatic heterocycles. The Hall–Kier alpha value is -3.08. The summed E-state index contributed by atoms with van der Waals surface area (Å²) in [6.07, 6.45) is 7.59. The molecule has 3 aromatic rings. The molecule has 0 saturated carbocycles. The lowest BCUT2D eigenvalue weighted by Crippen LogP contribution is -2.42. The highest BCUT2D eigenvalue weighted by atomic mass is 32.1. The summed E-state index contributed by atoms with van der Waals surface area (Å²) in [6.45, 7) is 3.86. The first-order valence-electron chi connectivity index (χ1n) is 11.7. The molecular formula is C24H28N6O3S. The minimum absolute atomic E-state index is 0.230. The van der Waals surface area contributed by atoms with Crippen molar-refractivity contribution in [3.8, 4) is 10.6 Å². The largest absolute Gasteiger partial charge is 0.374 e. The number of carbonyl (C=O) groups excluding carboxylic acids is 2. The number of nitrogens with zero attached hydrogens (tertiary/aromatic N) is 3. The molecule has 5 rings (SSSR count). The predicted octanol–water partition coefficient (Wildman–Crippen LogP) is 3.05. The molecule has 0 bridgehead atoms. The standard InChI is InChI=1S/C24H28N6O3S/c31-14-18(22-13-25-6-9-33-22)16-4-5-21(30-7-2-1-3-8-30)19(10-16)28-23(32)20-15-34-24(29-20)17-11-26-27-12-17/h4-5,10-12,14-15,18,22,25H,1-3,6-9,13H2,(H,26,27)(H,28,32). The van der Waals surface area contributed by atoms with Gasteiger partial charge >= 0.3 is 0 Å². The van der Waals surface area contributed by atoms with Gasteiger partial charge in [0.2, 0.25) is 0 Å². The second-order valence-corrected chi connectivity index (χ2v) is 9.44. The van der Waals surface area contributed by atoms with Gasteiger partial charge in [-0.05, 0) is 37.0 Å². The minimum atomic E-state index is -0.411. The summed E-state index contributed by atoms with van der Waals surface area (Å²) in [5.41, 5.74) is 3.68. The van der Waals surface area contributed by atoms with Crippen molar-refractivity contribution < 1.29 is 14.3 Å². The molecule has 178 valence electrons. The van der Waals surface area contributed by atoms with Crippen LogP contribution in [0.25, 0.3) is 10.6 Å². The van der Waals surface area contributed by atoms with Crippen LogP contribution in [-0.2, 0) is 9.53 Å². The number of morpholine rings is 1. The predicted molar refractivity (Wildman–Crippen MR) is 132 cm³/mol. The molecule has 4 heterocycles. The number of rotatable bonds is 7. The average molecular weight is 481 g/mol. The highest BCUT2D eigenvalue weighted by Gasteiger charge is 2.27. The van der Waals surface area contributed by atoms with E-state index in [1.807, 2.05) is 18.2 Å². The number of amides is 1. The van der Waals surface area contributed by atoms with Gasteiger partial charge in [-0.3, -0.25) is 9.89 Å². The number of carbonyl (C=O) groups is 2. The fraction of sp³-hybridized carbons (Fsp3) is 0.417. The summed E-state index contributed by atoms with van der Waals surface area (Å²) in [7, 11) is 0. The van der Waals surface area contributed by atoms with E-state index in [0.717, 1.165) is 60.6 Å². The topological polar surface area (TPSA) is 112 Å². The first-order valence-corrected chi connectivity index (χ1v) is 12.5. The van der Waals surface area contributed by atoms with Crippen LogP contribution in [0, 0.1) is 0 Å². The molecule has 2 saturated heterocycles. The van der Waals surface area contributed by atoms with Crippen molar-refractivity contribution >= 4 is 34.9 Å². The van der Waals surface area contributed by atoms with Crippen LogP contribution >= 0.6 is 11.3 Å². The first-order chi connectivity index (χ1) is 16.7. The van der Waals surface area contributed by atoms with Crippen LogP contribution in [0.5, 0.6) is 0 Å². The van der Waals surface area contributed by atoms with Crippen molar-refractivity contribution in [2.45, 2.75) is 31.3 Å². The Balaban J connectivity index is 1.43. The lowest BCUT2D eigenvalue weighted by molar-refractivity contribution is -0.113. The monoisotopic (exact) mass is 480 g/mol. The van der Waals surface area contributed by atoms with Crippen molar-refractivity contribution in [3.05, 3.63) is 47.2 Å². The van der Waals surface area contributed by atoms with Gasteiger partial charge in [0.15, 0.2) is 0 Å². The van der Waals surface area contributed by atoms with E-state index in [1.165, 1.54) is 17.8 Å². The summed E-state index contributed by atoms with van der Waals surface area (Å²) >= 11 is 1.40. The number of aromatic nitrogens is 3. The zero-order valence-corrected chi connectivity index (χ0v) is 19.6. The van der Waals surface area contributed by atoms with Crippen LogP contribution in [-0.4, -0.2) is 66.3 Å². The van der Waals surface area contributed by atoms with Gasteiger partial charge in [-0.15, -0.1) is 11.3 Å². The highest BCUT2D eigenvalue weighted by Crippen LogP contribution is 2.34. The first kappa shape index (κ1) is 22.7. The molecule has 1 aromatic carbocycles. The Labute approximate surface area is 201 Å². The molecule has 2 unspecified atom stereocenters. The number of aldehydes is 1. The van der Waals surface area contributed by atoms with Crippen molar-refractivity contribution in [2.75, 3.05) is 43.0 Å². The third-order valence-corrected chi connectivity index (χ3v) is 7.23. The molecule has 0 radical (unpaired) electrons. The summed E-state index contributed by atoms with van der Waals surface area (Å²) < 4.78 is 5.85. The van der Waals surface area contributed by atoms with E-state index in [4.69, 9.17) is 4.74 Å². The molecule has 10 heteroatoms. The van der Waals surface area contributed by atoms with Crippen LogP contribution in [0.3, 0.4) is 0 Å². The van der Waals surface area contributed by atoms with E-state index in [0.29, 0.717) is 24.5 Å². The van der Waals surface area contributed by atoms with Crippen molar-refractivity contribution in [1.82, 2.24) is 20.5 Å². The van der Waals surface area contributed by atoms with E-state index in [9.17, 15) is 9.59 Å². The average Bonchev–Trinajstić information content (AvgIpc) is 3.58. The molecule has 0 spiro atoms. The van der Waals surface area contributed by atoms with Crippen LogP contribution in [0.15, 0.2) is 36.0 Å². The van der Waals surface area contributed by atoms with E-state index < -0.39 is 5.92 Å². The van der Waals surface area contributed by atoms with E-state index >= 15 is 0 Å². The number of thiazole rings is 1. The normalized spacial score (nSPS) is 19.5. The zero-order chi connectivity index (χ0) is 23.3. The fourth-order valence-corrected chi connectivity index (χ4v) is 5.32. The maximum atomic E-state index is 13.2. The Morgan fingerprint density at radius 2 is 2.18 bits per heavy atom. The van der Waals surface area contributed by atoms with Crippen LogP contribution in [0.4, 0.5) is 11.4 Å². The Kier molecular flexibility index (Phi) is 6.98. The number of aromatic amines is 1. The number of H-pyrrole nitrogens is 1. The van der Waals surface area contributed by atoms with E-state index in [1.54, 1.807) is 17.8 Å². The summed E-state index contributed by atoms with van der Waals surface area (Å²) in [5.74, 6) is -0.689. The third-order valence-electron chi connectivity index (χ3n) is 6.34. The zero-order valence-electron chi connectivity index (χ0n) is 18.8. The van der Waals surface area contributed by atoms with Crippen molar-refractivity contribution in [2.24, 2.45) is 0 Å². The number of anilines is 2. The SMILES string of the molecule is O=CC(c1ccc(N2CCCCC2)c(NC(=O)c2csc(-c3cn[nH]c3)n2)c1)C1CNCCO1. The number of hydrogen-bond donors (Lipinski definition) is 3. The molecule has 9 nitrogen and oxygen atoms in total. The quantitative estimate of drug-likeness (QED) is 0.446. The lowest BCUT2D eigenvalue weighted by atomic mass is 9.92. The number of benzene rings is 1. The van der Waals surface area contributed by atoms with Gasteiger partial charge < -0.3 is 25.1 Å². The molecular weight excluding hydrogens is 452 g/mol. The summed E-state index contributed by atoms with van der Waals surface area (Å²) in [5, 5.41) is 15.6. The fourth-order valence-electron chi connectivity index (χ4n) is 4.53. The minimum Gasteiger partial charge on any atom is -0.374 e. The maximum absolute atomic E-state index is 13.2. The number of ether oxygens (including phenoxy) is 1. The number of nitrogens with one attached hydrogen (secondary N) is 3. The Bertz CT molecular complexity index is 1120. The summed E-state index contributed by atoms with van der Waals surface area (Å²) in [6, 6.07) is 5.92. The van der Waals surface area contributed by atoms with E-state index in [2.05, 4.69) is 30.7 Å². The van der Waals surface area contributed by atoms with Gasteiger partial charge in [-0.2, -0.15) is 5.10 Å². The number of piperidine rings is 1. The van der Waals surface area contributed by atoms with E-state index in [-0.39, 0.29) is 12.0 Å². The molecule has 2 aliphatic rings. The van der Waals surface area contributed by atoms with Crippen LogP contribution in [0.1, 0.15) is 41.2 Å². The van der Waals surface area contributed by atoms with Gasteiger partial charge in [0.05, 0.1) is 36.2 Å². The smallest absolute Gasteiger partial charge is 0.275 e. The lowest BCUT2D eigenvalue weighted by Gasteiger charge is -2.32. The molecule has 1 amide bonds. The second kappa shape index (κ2) is 10.5. The molecule has 2 atom stereocenters. The van der Waals surface area contributed by atoms with Crippen LogP contribution in [0.2, 0.25) is 0 Å². The molecule has 0 aliphatic carbocycles. The third kappa shape index (κ3) is 4.89. The van der Waals surface area contributed by atoms with Gasteiger partial charge in [-0.1, -0.05) is 6.07 Å². The summed E-state index contributed by atoms with van der Waals surface area (Å²) in [4.78, 5) is 32.0. The van der Waals surface area contributed by atoms with Gasteiger partial charge in [0.25, 0.3) is 5.91 Å². The Morgan fingerprint density at radius 3 is 2.91 bits per heavy atom. The molecule has 34 heavy (non-hydrogen) atoms. The van der Waals surface area contributed by atoms with Crippen LogP contribution < -0.4 is 15.5 Å². The molecule has 2 fully saturated rings. The van der Waals surface area contributed by atoms with Crippen molar-refractivity contribution in [3.63, 3.8) is 0 Å². The van der Waals surface area contributed by atoms with Gasteiger partial charge in [-0.25, -0.2) is 4.98 Å². The van der Waals surface area contributed by atoms with Crippen molar-refractivity contribution in [1.29, 1.82) is 0 Å². The molecule has 2 aliphatic heterocycles. The number of hydrogen-bond acceptors (Lipinski definition) is 8. The molecule has 3 N–H and O–H groups in total. The maximum Gasteiger partial charge on any atom is 0.275 e. The van der Waals surface area contributed by atoms with Gasteiger partial charge in [0.1, 0.15) is 17.0 Å². The highest BCUT2D eigenvalue weighted by molar-refractivity contribution is 7.13. The van der Waals surface area contributed by atoms with Gasteiger partial charge in [0, 0.05) is 43.3 Å².